The van der Waals surface area contributed by atoms with Crippen molar-refractivity contribution in [3.63, 3.8) is 0 Å². The van der Waals surface area contributed by atoms with E-state index in [0.717, 1.165) is 20.3 Å². The number of Topliss-reactive ketones (excluding diaryl/α,β-unsaturated/α-hetero) is 1. The van der Waals surface area contributed by atoms with Crippen LogP contribution in [0.15, 0.2) is 82.0 Å². The normalized spacial score (nSPS) is 16.1. The van der Waals surface area contributed by atoms with Crippen LogP contribution >= 0.6 is 38.5 Å². The van der Waals surface area contributed by atoms with Crippen LogP contribution in [-0.4, -0.2) is 23.8 Å². The molecule has 0 unspecified atom stereocenters. The van der Waals surface area contributed by atoms with Gasteiger partial charge in [0.15, 0.2) is 5.78 Å². The number of methoxy groups -OCH3 is 1. The molecule has 8 nitrogen and oxygen atoms in total. The number of nitro benzene ring substituents is 1. The molecule has 0 bridgehead atoms. The lowest BCUT2D eigenvalue weighted by Crippen LogP contribution is -2.29. The van der Waals surface area contributed by atoms with Gasteiger partial charge in [-0.05, 0) is 80.8 Å². The Morgan fingerprint density at radius 1 is 1.13 bits per heavy atom. The molecule has 1 N–H and O–H groups in total. The third-order valence-corrected chi connectivity index (χ3v) is 7.93. The number of esters is 1. The van der Waals surface area contributed by atoms with E-state index in [9.17, 15) is 19.7 Å². The fraction of sp³-hybridized carbons (Fsp3) is 0.143. The van der Waals surface area contributed by atoms with Gasteiger partial charge in [-0.15, -0.1) is 0 Å². The van der Waals surface area contributed by atoms with Crippen molar-refractivity contribution in [3.05, 3.63) is 118 Å². The molecule has 0 saturated carbocycles. The van der Waals surface area contributed by atoms with E-state index < -0.39 is 16.8 Å². The number of benzene rings is 3. The van der Waals surface area contributed by atoms with Gasteiger partial charge >= 0.3 is 5.97 Å². The van der Waals surface area contributed by atoms with Gasteiger partial charge in [-0.25, -0.2) is 4.79 Å². The topological polar surface area (TPSA) is 108 Å². The maximum atomic E-state index is 13.6. The molecule has 0 radical (unpaired) electrons. The average Bonchev–Trinajstić information content (AvgIpc) is 3.18. The summed E-state index contributed by atoms with van der Waals surface area (Å²) in [5.74, 6) is -0.712. The number of dihydropyridines is 1. The van der Waals surface area contributed by atoms with Crippen LogP contribution in [0.4, 0.5) is 5.69 Å². The zero-order valence-corrected chi connectivity index (χ0v) is 24.0. The maximum absolute atomic E-state index is 13.6. The zero-order valence-electron chi connectivity index (χ0n) is 20.2. The number of hydrogen-bond acceptors (Lipinski definition) is 7. The molecule has 1 atom stereocenters. The number of allylic oxidation sites excluding steroid dienone is 2. The van der Waals surface area contributed by atoms with E-state index in [4.69, 9.17) is 9.47 Å². The summed E-state index contributed by atoms with van der Waals surface area (Å²) in [6.07, 6.45) is 0. The molecule has 10 heteroatoms. The van der Waals surface area contributed by atoms with E-state index in [1.165, 1.54) is 19.2 Å². The number of carbonyl (C=O) groups excluding carboxylic acids is 2. The first-order valence-electron chi connectivity index (χ1n) is 11.5. The monoisotopic (exact) mass is 686 g/mol. The summed E-state index contributed by atoms with van der Waals surface area (Å²) >= 11 is 5.76. The van der Waals surface area contributed by atoms with Gasteiger partial charge in [0.05, 0.1) is 31.3 Å². The number of fused-ring (bicyclic) bond motifs is 2. The minimum atomic E-state index is -0.646. The molecule has 0 amide bonds. The number of carbonyl (C=O) groups is 2. The van der Waals surface area contributed by atoms with Crippen LogP contribution in [0.25, 0.3) is 5.70 Å². The summed E-state index contributed by atoms with van der Waals surface area (Å²) in [6.45, 7) is 2.00. The second-order valence-corrected chi connectivity index (χ2v) is 10.8. The number of hydrogen-bond donors (Lipinski definition) is 1. The van der Waals surface area contributed by atoms with E-state index in [0.29, 0.717) is 38.3 Å². The minimum Gasteiger partial charge on any atom is -0.487 e. The fourth-order valence-electron chi connectivity index (χ4n) is 4.80. The molecule has 1 heterocycles. The average molecular weight is 687 g/mol. The van der Waals surface area contributed by atoms with Crippen molar-refractivity contribution in [3.8, 4) is 5.75 Å². The molecule has 1 aliphatic heterocycles. The second-order valence-electron chi connectivity index (χ2n) is 8.78. The molecule has 5 rings (SSSR count). The molecule has 3 aromatic carbocycles. The first-order valence-corrected chi connectivity index (χ1v) is 13.4. The largest absolute Gasteiger partial charge is 0.487 e. The molecular formula is C28H20BrIN2O6. The highest BCUT2D eigenvalue weighted by Gasteiger charge is 2.43. The van der Waals surface area contributed by atoms with Crippen LogP contribution in [0, 0.1) is 13.7 Å². The van der Waals surface area contributed by atoms with E-state index >= 15 is 0 Å². The lowest BCUT2D eigenvalue weighted by molar-refractivity contribution is -0.384. The number of nitrogens with zero attached hydrogens (tertiary/aromatic N) is 1. The van der Waals surface area contributed by atoms with E-state index in [1.807, 2.05) is 30.3 Å². The first kappa shape index (κ1) is 26.1. The molecule has 0 aromatic heterocycles. The smallest absolute Gasteiger partial charge is 0.336 e. The van der Waals surface area contributed by atoms with Crippen LogP contribution in [-0.2, 0) is 16.1 Å². The maximum Gasteiger partial charge on any atom is 0.336 e. The SMILES string of the molecule is COC(=O)C1=C(C)NC2=C(C(=O)c3ccccc32)[C@@H]1c1cc(Br)c(OCc2ccc([N+](=O)[O-])cc2)c(I)c1. The predicted molar refractivity (Wildman–Crippen MR) is 153 cm³/mol. The van der Waals surface area contributed by atoms with Crippen LogP contribution in [0.3, 0.4) is 0 Å². The highest BCUT2D eigenvalue weighted by Crippen LogP contribution is 2.48. The van der Waals surface area contributed by atoms with Gasteiger partial charge in [0.25, 0.3) is 5.69 Å². The number of ether oxygens (including phenoxy) is 2. The first-order chi connectivity index (χ1) is 18.2. The lowest BCUT2D eigenvalue weighted by atomic mass is 9.80. The van der Waals surface area contributed by atoms with Gasteiger partial charge < -0.3 is 14.8 Å². The van der Waals surface area contributed by atoms with E-state index in [2.05, 4.69) is 43.8 Å². The van der Waals surface area contributed by atoms with Crippen LogP contribution < -0.4 is 10.1 Å². The van der Waals surface area contributed by atoms with Crippen molar-refractivity contribution < 1.29 is 24.0 Å². The number of halogens is 2. The Labute approximate surface area is 240 Å². The number of rotatable bonds is 6. The number of ketones is 1. The number of nitro groups is 1. The third kappa shape index (κ3) is 4.51. The molecule has 3 aromatic rings. The van der Waals surface area contributed by atoms with Crippen molar-refractivity contribution in [1.82, 2.24) is 5.32 Å². The summed E-state index contributed by atoms with van der Waals surface area (Å²) in [5, 5.41) is 14.2. The van der Waals surface area contributed by atoms with E-state index in [1.54, 1.807) is 25.1 Å². The lowest BCUT2D eigenvalue weighted by Gasteiger charge is -2.29. The summed E-state index contributed by atoms with van der Waals surface area (Å²) in [6, 6.07) is 17.3. The molecule has 38 heavy (non-hydrogen) atoms. The fourth-order valence-corrected chi connectivity index (χ4v) is 6.57. The highest BCUT2D eigenvalue weighted by molar-refractivity contribution is 14.1. The molecule has 2 aliphatic rings. The highest BCUT2D eigenvalue weighted by atomic mass is 127. The Balaban J connectivity index is 1.53. The van der Waals surface area contributed by atoms with Crippen molar-refractivity contribution in [2.45, 2.75) is 19.4 Å². The van der Waals surface area contributed by atoms with Crippen molar-refractivity contribution in [1.29, 1.82) is 0 Å². The van der Waals surface area contributed by atoms with Gasteiger partial charge in [0.2, 0.25) is 0 Å². The van der Waals surface area contributed by atoms with Gasteiger partial charge in [-0.3, -0.25) is 14.9 Å². The van der Waals surface area contributed by atoms with Gasteiger partial charge in [-0.1, -0.05) is 24.3 Å². The van der Waals surface area contributed by atoms with Crippen molar-refractivity contribution in [2.24, 2.45) is 0 Å². The van der Waals surface area contributed by atoms with Gasteiger partial charge in [0.1, 0.15) is 12.4 Å². The van der Waals surface area contributed by atoms with Crippen molar-refractivity contribution >= 4 is 61.7 Å². The van der Waals surface area contributed by atoms with Crippen LogP contribution in [0.1, 0.15) is 39.9 Å². The molecule has 1 aliphatic carbocycles. The molecule has 0 spiro atoms. The van der Waals surface area contributed by atoms with Gasteiger partial charge in [-0.2, -0.15) is 0 Å². The third-order valence-electron chi connectivity index (χ3n) is 6.54. The summed E-state index contributed by atoms with van der Waals surface area (Å²) < 4.78 is 12.6. The Bertz CT molecular complexity index is 1560. The molecule has 192 valence electrons. The molecule has 0 fully saturated rings. The summed E-state index contributed by atoms with van der Waals surface area (Å²) in [5.41, 5.74) is 5.10. The summed E-state index contributed by atoms with van der Waals surface area (Å²) in [7, 11) is 1.32. The molecule has 0 saturated heterocycles. The number of non-ortho nitro benzene ring substituents is 1. The Hall–Kier alpha value is -3.51. The second kappa shape index (κ2) is 10.3. The Kier molecular flexibility index (Phi) is 7.10. The molecular weight excluding hydrogens is 667 g/mol. The van der Waals surface area contributed by atoms with Crippen LogP contribution in [0.5, 0.6) is 5.75 Å². The zero-order chi connectivity index (χ0) is 27.1. The standard InChI is InChI=1S/C28H20BrIN2O6/c1-14-22(28(34)37-2)23(24-25(31-14)18-5-3-4-6-19(18)26(24)33)16-11-20(29)27(21(30)12-16)38-13-15-7-9-17(10-8-15)32(35)36/h3-12,23,31H,13H2,1-2H3/t23-/m1/s1. The summed E-state index contributed by atoms with van der Waals surface area (Å²) in [4.78, 5) is 37.0. The van der Waals surface area contributed by atoms with Crippen LogP contribution in [0.2, 0.25) is 0 Å². The van der Waals surface area contributed by atoms with E-state index in [-0.39, 0.29) is 18.1 Å². The quantitative estimate of drug-likeness (QED) is 0.141. The Morgan fingerprint density at radius 2 is 1.82 bits per heavy atom. The van der Waals surface area contributed by atoms with Gasteiger partial charge in [0, 0.05) is 40.4 Å². The Morgan fingerprint density at radius 3 is 2.45 bits per heavy atom. The van der Waals surface area contributed by atoms with Crippen molar-refractivity contribution in [2.75, 3.05) is 7.11 Å². The minimum absolute atomic E-state index is 0.0119. The number of nitrogens with one attached hydrogen (secondary N) is 1. The predicted octanol–water partition coefficient (Wildman–Crippen LogP) is 6.28.